The van der Waals surface area contributed by atoms with Crippen LogP contribution in [0.2, 0.25) is 0 Å². The minimum atomic E-state index is -0.929. The molecule has 0 aliphatic rings. The van der Waals surface area contributed by atoms with E-state index >= 15 is 0 Å². The largest absolute Gasteiger partial charge is 0.478 e. The fourth-order valence-corrected chi connectivity index (χ4v) is 4.62. The van der Waals surface area contributed by atoms with Crippen molar-refractivity contribution in [2.24, 2.45) is 11.8 Å². The van der Waals surface area contributed by atoms with Gasteiger partial charge in [-0.1, -0.05) is 39.0 Å². The first-order valence-corrected chi connectivity index (χ1v) is 12.6. The standard InChI is InChI=1S/C27H35N3O3S/c1-5-6-24-29-25-18(4)12-20(14-28-26(31)22(16-34)11-17(2)3)13-23(25)30(24)15-19-7-9-21(10-8-19)27(32)33/h7-10,12-13,17,22,34H,5-6,11,14-16H2,1-4H3,(H,28,31)(H,32,33)/t22-/m1/s1. The quantitative estimate of drug-likeness (QED) is 0.327. The number of aryl methyl sites for hydroxylation is 2. The van der Waals surface area contributed by atoms with Gasteiger partial charge in [0.1, 0.15) is 5.82 Å². The summed E-state index contributed by atoms with van der Waals surface area (Å²) >= 11 is 4.37. The highest BCUT2D eigenvalue weighted by Crippen LogP contribution is 2.25. The molecule has 0 spiro atoms. The third-order valence-electron chi connectivity index (χ3n) is 6.01. The molecule has 182 valence electrons. The highest BCUT2D eigenvalue weighted by molar-refractivity contribution is 7.80. The molecule has 34 heavy (non-hydrogen) atoms. The number of amides is 1. The van der Waals surface area contributed by atoms with E-state index in [0.29, 0.717) is 24.8 Å². The summed E-state index contributed by atoms with van der Waals surface area (Å²) in [5, 5.41) is 12.3. The van der Waals surface area contributed by atoms with E-state index in [1.54, 1.807) is 12.1 Å². The number of carboxylic acids is 1. The highest BCUT2D eigenvalue weighted by Gasteiger charge is 2.19. The third kappa shape index (κ3) is 6.20. The Kier molecular flexibility index (Phi) is 8.78. The van der Waals surface area contributed by atoms with Gasteiger partial charge < -0.3 is 15.0 Å². The lowest BCUT2D eigenvalue weighted by atomic mass is 9.98. The SMILES string of the molecule is CCCc1nc2c(C)cc(CNC(=O)[C@@H](CS)CC(C)C)cc2n1Cc1ccc(C(=O)O)cc1. The molecular formula is C27H35N3O3S. The van der Waals surface area contributed by atoms with Gasteiger partial charge in [0.2, 0.25) is 5.91 Å². The molecule has 0 fully saturated rings. The van der Waals surface area contributed by atoms with Crippen LogP contribution in [0.3, 0.4) is 0 Å². The fraction of sp³-hybridized carbons (Fsp3) is 0.444. The molecule has 0 aliphatic carbocycles. The number of carboxylic acid groups (broad SMARTS) is 1. The first-order valence-electron chi connectivity index (χ1n) is 11.9. The first kappa shape index (κ1) is 25.8. The van der Waals surface area contributed by atoms with Crippen LogP contribution in [0.15, 0.2) is 36.4 Å². The number of nitrogens with zero attached hydrogens (tertiary/aromatic N) is 2. The second-order valence-corrected chi connectivity index (χ2v) is 9.74. The molecule has 1 aromatic heterocycles. The van der Waals surface area contributed by atoms with Gasteiger partial charge in [-0.15, -0.1) is 0 Å². The molecule has 3 aromatic rings. The molecule has 7 heteroatoms. The van der Waals surface area contributed by atoms with Crippen molar-refractivity contribution in [3.63, 3.8) is 0 Å². The molecule has 0 aliphatic heterocycles. The van der Waals surface area contributed by atoms with E-state index < -0.39 is 5.97 Å². The summed E-state index contributed by atoms with van der Waals surface area (Å²) in [5.41, 5.74) is 5.40. The Morgan fingerprint density at radius 2 is 1.85 bits per heavy atom. The van der Waals surface area contributed by atoms with Crippen molar-refractivity contribution < 1.29 is 14.7 Å². The Morgan fingerprint density at radius 1 is 1.15 bits per heavy atom. The van der Waals surface area contributed by atoms with Crippen molar-refractivity contribution in [2.75, 3.05) is 5.75 Å². The number of hydrogen-bond donors (Lipinski definition) is 3. The predicted molar refractivity (Wildman–Crippen MR) is 140 cm³/mol. The first-order chi connectivity index (χ1) is 16.2. The number of hydrogen-bond acceptors (Lipinski definition) is 4. The Morgan fingerprint density at radius 3 is 2.44 bits per heavy atom. The number of fused-ring (bicyclic) bond motifs is 1. The van der Waals surface area contributed by atoms with Crippen molar-refractivity contribution in [3.8, 4) is 0 Å². The van der Waals surface area contributed by atoms with Gasteiger partial charge in [-0.3, -0.25) is 4.79 Å². The Labute approximate surface area is 207 Å². The number of nitrogens with one attached hydrogen (secondary N) is 1. The molecule has 0 saturated heterocycles. The molecule has 0 radical (unpaired) electrons. The highest BCUT2D eigenvalue weighted by atomic mass is 32.1. The Hall–Kier alpha value is -2.80. The van der Waals surface area contributed by atoms with Crippen molar-refractivity contribution in [2.45, 2.75) is 60.0 Å². The van der Waals surface area contributed by atoms with Crippen LogP contribution < -0.4 is 5.32 Å². The number of thiol groups is 1. The number of imidazole rings is 1. The van der Waals surface area contributed by atoms with E-state index in [0.717, 1.165) is 52.8 Å². The van der Waals surface area contributed by atoms with E-state index in [4.69, 9.17) is 4.98 Å². The maximum Gasteiger partial charge on any atom is 0.335 e. The molecule has 3 rings (SSSR count). The summed E-state index contributed by atoms with van der Waals surface area (Å²) in [7, 11) is 0. The maximum atomic E-state index is 12.7. The van der Waals surface area contributed by atoms with Gasteiger partial charge in [0.25, 0.3) is 0 Å². The number of rotatable bonds is 11. The molecule has 0 unspecified atom stereocenters. The van der Waals surface area contributed by atoms with Crippen LogP contribution in [0.25, 0.3) is 11.0 Å². The van der Waals surface area contributed by atoms with Gasteiger partial charge >= 0.3 is 5.97 Å². The van der Waals surface area contributed by atoms with Crippen LogP contribution >= 0.6 is 12.6 Å². The summed E-state index contributed by atoms with van der Waals surface area (Å²) in [6.07, 6.45) is 2.65. The van der Waals surface area contributed by atoms with Crippen LogP contribution in [-0.4, -0.2) is 32.3 Å². The van der Waals surface area contributed by atoms with E-state index in [1.807, 2.05) is 12.1 Å². The molecule has 2 N–H and O–H groups in total. The van der Waals surface area contributed by atoms with E-state index in [9.17, 15) is 14.7 Å². The van der Waals surface area contributed by atoms with Crippen molar-refractivity contribution in [1.29, 1.82) is 0 Å². The molecule has 0 bridgehead atoms. The minimum absolute atomic E-state index is 0.0418. The van der Waals surface area contributed by atoms with Gasteiger partial charge in [-0.25, -0.2) is 9.78 Å². The lowest BCUT2D eigenvalue weighted by Gasteiger charge is -2.17. The molecule has 2 aromatic carbocycles. The van der Waals surface area contributed by atoms with Gasteiger partial charge in [0, 0.05) is 31.2 Å². The van der Waals surface area contributed by atoms with Crippen molar-refractivity contribution >= 4 is 35.5 Å². The monoisotopic (exact) mass is 481 g/mol. The van der Waals surface area contributed by atoms with Crippen molar-refractivity contribution in [1.82, 2.24) is 14.9 Å². The molecule has 1 amide bonds. The van der Waals surface area contributed by atoms with Gasteiger partial charge in [-0.2, -0.15) is 12.6 Å². The summed E-state index contributed by atoms with van der Waals surface area (Å²) < 4.78 is 2.21. The van der Waals surface area contributed by atoms with Crippen LogP contribution in [0, 0.1) is 18.8 Å². The number of carbonyl (C=O) groups excluding carboxylic acids is 1. The molecule has 0 saturated carbocycles. The van der Waals surface area contributed by atoms with Gasteiger partial charge in [-0.05, 0) is 60.6 Å². The molecule has 1 heterocycles. The number of carbonyl (C=O) groups is 2. The fourth-order valence-electron chi connectivity index (χ4n) is 4.31. The average molecular weight is 482 g/mol. The van der Waals surface area contributed by atoms with Crippen molar-refractivity contribution in [3.05, 3.63) is 64.5 Å². The lowest BCUT2D eigenvalue weighted by Crippen LogP contribution is -2.32. The number of aromatic carboxylic acids is 1. The molecule has 1 atom stereocenters. The Bertz CT molecular complexity index is 1150. The normalized spacial score (nSPS) is 12.3. The number of aromatic nitrogens is 2. The van der Waals surface area contributed by atoms with Crippen LogP contribution in [0.5, 0.6) is 0 Å². The summed E-state index contributed by atoms with van der Waals surface area (Å²) in [6.45, 7) is 9.49. The zero-order valence-corrected chi connectivity index (χ0v) is 21.4. The van der Waals surface area contributed by atoms with E-state index in [-0.39, 0.29) is 17.4 Å². The van der Waals surface area contributed by atoms with Crippen LogP contribution in [0.1, 0.15) is 66.5 Å². The molecule has 6 nitrogen and oxygen atoms in total. The maximum absolute atomic E-state index is 12.7. The number of benzene rings is 2. The molecular weight excluding hydrogens is 446 g/mol. The topological polar surface area (TPSA) is 84.2 Å². The summed E-state index contributed by atoms with van der Waals surface area (Å²) in [5.74, 6) is 1.01. The minimum Gasteiger partial charge on any atom is -0.478 e. The average Bonchev–Trinajstić information content (AvgIpc) is 3.14. The van der Waals surface area contributed by atoms with Crippen LogP contribution in [-0.2, 0) is 24.3 Å². The van der Waals surface area contributed by atoms with Gasteiger partial charge in [0.15, 0.2) is 0 Å². The zero-order valence-electron chi connectivity index (χ0n) is 20.5. The van der Waals surface area contributed by atoms with E-state index in [2.05, 4.69) is 62.3 Å². The smallest absolute Gasteiger partial charge is 0.335 e. The second kappa shape index (κ2) is 11.6. The summed E-state index contributed by atoms with van der Waals surface area (Å²) in [4.78, 5) is 28.8. The zero-order chi connectivity index (χ0) is 24.8. The predicted octanol–water partition coefficient (Wildman–Crippen LogP) is 5.25. The lowest BCUT2D eigenvalue weighted by molar-refractivity contribution is -0.124. The third-order valence-corrected chi connectivity index (χ3v) is 6.45. The summed E-state index contributed by atoms with van der Waals surface area (Å²) in [6, 6.07) is 11.2. The van der Waals surface area contributed by atoms with Crippen LogP contribution in [0.4, 0.5) is 0 Å². The Balaban J connectivity index is 1.90. The van der Waals surface area contributed by atoms with Gasteiger partial charge in [0.05, 0.1) is 16.6 Å². The van der Waals surface area contributed by atoms with E-state index in [1.165, 1.54) is 0 Å². The second-order valence-electron chi connectivity index (χ2n) is 9.37.